The summed E-state index contributed by atoms with van der Waals surface area (Å²) in [5.41, 5.74) is 3.31. The largest absolute Gasteiger partial charge is 0.457 e. The van der Waals surface area contributed by atoms with Gasteiger partial charge in [-0.25, -0.2) is 9.18 Å². The molecule has 0 spiro atoms. The van der Waals surface area contributed by atoms with Crippen LogP contribution in [0.3, 0.4) is 0 Å². The van der Waals surface area contributed by atoms with Gasteiger partial charge in [-0.15, -0.1) is 0 Å². The topological polar surface area (TPSA) is 44.1 Å². The Labute approximate surface area is 155 Å². The van der Waals surface area contributed by atoms with E-state index in [1.165, 1.54) is 12.1 Å². The van der Waals surface area contributed by atoms with E-state index in [0.29, 0.717) is 16.8 Å². The van der Waals surface area contributed by atoms with Crippen LogP contribution in [0.25, 0.3) is 11.3 Å². The van der Waals surface area contributed by atoms with Crippen LogP contribution in [0.5, 0.6) is 0 Å². The molecule has 0 radical (unpaired) electrons. The molecule has 26 heavy (non-hydrogen) atoms. The number of benzene rings is 2. The van der Waals surface area contributed by atoms with Gasteiger partial charge in [0.15, 0.2) is 0 Å². The molecule has 2 heterocycles. The van der Waals surface area contributed by atoms with Gasteiger partial charge in [0.05, 0.1) is 10.7 Å². The first-order chi connectivity index (χ1) is 12.6. The van der Waals surface area contributed by atoms with Gasteiger partial charge in [0.1, 0.15) is 23.7 Å². The first-order valence-electron chi connectivity index (χ1n) is 8.39. The number of ether oxygens (including phenoxy) is 1. The van der Waals surface area contributed by atoms with Crippen molar-refractivity contribution in [2.24, 2.45) is 0 Å². The van der Waals surface area contributed by atoms with E-state index in [9.17, 15) is 9.18 Å². The van der Waals surface area contributed by atoms with Crippen molar-refractivity contribution in [2.75, 3.05) is 0 Å². The summed E-state index contributed by atoms with van der Waals surface area (Å²) in [5, 5.41) is 4.54. The highest BCUT2D eigenvalue weighted by Crippen LogP contribution is 2.32. The number of carbonyl (C=O) groups excluding carboxylic acids is 1. The van der Waals surface area contributed by atoms with Crippen molar-refractivity contribution in [1.82, 2.24) is 9.78 Å². The van der Waals surface area contributed by atoms with Crippen LogP contribution in [0.2, 0.25) is 5.02 Å². The summed E-state index contributed by atoms with van der Waals surface area (Å²) in [6, 6.07) is 13.8. The first-order valence-corrected chi connectivity index (χ1v) is 8.77. The molecule has 4 rings (SSSR count). The zero-order valence-electron chi connectivity index (χ0n) is 13.9. The molecule has 0 N–H and O–H groups in total. The molecule has 4 nitrogen and oxygen atoms in total. The summed E-state index contributed by atoms with van der Waals surface area (Å²) in [6.45, 7) is 0.942. The van der Waals surface area contributed by atoms with Gasteiger partial charge >= 0.3 is 5.97 Å². The Morgan fingerprint density at radius 3 is 2.81 bits per heavy atom. The molecule has 3 aromatic rings. The standard InChI is InChI=1S/C20H16ClFN2O2/c21-15-11-14(8-9-16(15)22)19-18(17-7-4-10-24(17)23-19)20(25)26-12-13-5-2-1-3-6-13/h1-3,5-6,8-9,11H,4,7,10,12H2. The second-order valence-electron chi connectivity index (χ2n) is 6.19. The summed E-state index contributed by atoms with van der Waals surface area (Å²) in [4.78, 5) is 12.8. The van der Waals surface area contributed by atoms with E-state index in [-0.39, 0.29) is 11.6 Å². The van der Waals surface area contributed by atoms with Gasteiger partial charge in [-0.2, -0.15) is 5.10 Å². The van der Waals surface area contributed by atoms with Crippen LogP contribution >= 0.6 is 11.6 Å². The SMILES string of the molecule is O=C(OCc1ccccc1)c1c(-c2ccc(F)c(Cl)c2)nn2c1CCC2. The Hall–Kier alpha value is -2.66. The number of halogens is 2. The molecule has 1 aliphatic rings. The van der Waals surface area contributed by atoms with Crippen LogP contribution in [0.15, 0.2) is 48.5 Å². The number of hydrogen-bond donors (Lipinski definition) is 0. The van der Waals surface area contributed by atoms with Crippen LogP contribution < -0.4 is 0 Å². The molecule has 6 heteroatoms. The maximum atomic E-state index is 13.5. The minimum atomic E-state index is -0.504. The lowest BCUT2D eigenvalue weighted by molar-refractivity contribution is 0.0472. The van der Waals surface area contributed by atoms with E-state index in [4.69, 9.17) is 16.3 Å². The number of nitrogens with zero attached hydrogens (tertiary/aromatic N) is 2. The highest BCUT2D eigenvalue weighted by Gasteiger charge is 2.28. The van der Waals surface area contributed by atoms with E-state index in [1.54, 1.807) is 6.07 Å². The van der Waals surface area contributed by atoms with E-state index < -0.39 is 11.8 Å². The average Bonchev–Trinajstić information content (AvgIpc) is 3.24. The fourth-order valence-electron chi connectivity index (χ4n) is 3.19. The van der Waals surface area contributed by atoms with Crippen LogP contribution in [0.4, 0.5) is 4.39 Å². The molecular weight excluding hydrogens is 355 g/mol. The van der Waals surface area contributed by atoms with E-state index in [2.05, 4.69) is 5.10 Å². The zero-order valence-corrected chi connectivity index (χ0v) is 14.7. The van der Waals surface area contributed by atoms with Crippen LogP contribution in [0.1, 0.15) is 28.0 Å². The molecular formula is C20H16ClFN2O2. The molecule has 2 aromatic carbocycles. The number of esters is 1. The van der Waals surface area contributed by atoms with Crippen LogP contribution in [-0.2, 0) is 24.3 Å². The monoisotopic (exact) mass is 370 g/mol. The van der Waals surface area contributed by atoms with Gasteiger partial charge in [0.25, 0.3) is 0 Å². The fraction of sp³-hybridized carbons (Fsp3) is 0.200. The Morgan fingerprint density at radius 1 is 1.23 bits per heavy atom. The van der Waals surface area contributed by atoms with E-state index >= 15 is 0 Å². The van der Waals surface area contributed by atoms with E-state index in [0.717, 1.165) is 30.6 Å². The van der Waals surface area contributed by atoms with Gasteiger partial charge in [0, 0.05) is 12.1 Å². The predicted molar refractivity (Wildman–Crippen MR) is 96.5 cm³/mol. The number of rotatable bonds is 4. The normalized spacial score (nSPS) is 12.8. The fourth-order valence-corrected chi connectivity index (χ4v) is 3.37. The molecule has 132 valence electrons. The lowest BCUT2D eigenvalue weighted by Crippen LogP contribution is -2.08. The summed E-state index contributed by atoms with van der Waals surface area (Å²) in [5.74, 6) is -0.928. The third kappa shape index (κ3) is 3.10. The Morgan fingerprint density at radius 2 is 2.04 bits per heavy atom. The highest BCUT2D eigenvalue weighted by molar-refractivity contribution is 6.31. The molecule has 0 saturated heterocycles. The third-order valence-electron chi connectivity index (χ3n) is 4.45. The van der Waals surface area contributed by atoms with Gasteiger partial charge in [-0.1, -0.05) is 41.9 Å². The molecule has 1 aliphatic heterocycles. The number of carbonyl (C=O) groups is 1. The predicted octanol–water partition coefficient (Wildman–Crippen LogP) is 4.65. The second-order valence-corrected chi connectivity index (χ2v) is 6.59. The highest BCUT2D eigenvalue weighted by atomic mass is 35.5. The summed E-state index contributed by atoms with van der Waals surface area (Å²) in [6.07, 6.45) is 1.70. The Kier molecular flexibility index (Phi) is 4.47. The Balaban J connectivity index is 1.68. The smallest absolute Gasteiger partial charge is 0.342 e. The lowest BCUT2D eigenvalue weighted by Gasteiger charge is -2.07. The lowest BCUT2D eigenvalue weighted by atomic mass is 10.0. The van der Waals surface area contributed by atoms with Gasteiger partial charge in [-0.3, -0.25) is 4.68 Å². The maximum Gasteiger partial charge on any atom is 0.342 e. The number of aromatic nitrogens is 2. The summed E-state index contributed by atoms with van der Waals surface area (Å²) in [7, 11) is 0. The number of fused-ring (bicyclic) bond motifs is 1. The van der Waals surface area contributed by atoms with Crippen molar-refractivity contribution >= 4 is 17.6 Å². The molecule has 0 aliphatic carbocycles. The van der Waals surface area contributed by atoms with Gasteiger partial charge < -0.3 is 4.74 Å². The quantitative estimate of drug-likeness (QED) is 0.628. The van der Waals surface area contributed by atoms with Crippen molar-refractivity contribution in [2.45, 2.75) is 26.0 Å². The average molecular weight is 371 g/mol. The molecule has 0 unspecified atom stereocenters. The van der Waals surface area contributed by atoms with Crippen LogP contribution in [-0.4, -0.2) is 15.7 Å². The van der Waals surface area contributed by atoms with Crippen LogP contribution in [0, 0.1) is 5.82 Å². The third-order valence-corrected chi connectivity index (χ3v) is 4.74. The summed E-state index contributed by atoms with van der Waals surface area (Å²) < 4.78 is 20.8. The Bertz CT molecular complexity index is 969. The maximum absolute atomic E-state index is 13.5. The van der Waals surface area contributed by atoms with Crippen molar-refractivity contribution in [1.29, 1.82) is 0 Å². The summed E-state index contributed by atoms with van der Waals surface area (Å²) >= 11 is 5.91. The van der Waals surface area contributed by atoms with Crippen molar-refractivity contribution in [3.05, 3.63) is 76.2 Å². The second kappa shape index (κ2) is 6.92. The zero-order chi connectivity index (χ0) is 18.1. The van der Waals surface area contributed by atoms with Crippen molar-refractivity contribution < 1.29 is 13.9 Å². The van der Waals surface area contributed by atoms with Gasteiger partial charge in [-0.05, 0) is 36.6 Å². The minimum Gasteiger partial charge on any atom is -0.457 e. The molecule has 1 aromatic heterocycles. The number of aryl methyl sites for hydroxylation is 1. The molecule has 0 bridgehead atoms. The molecule has 0 saturated carbocycles. The van der Waals surface area contributed by atoms with Crippen molar-refractivity contribution in [3.8, 4) is 11.3 Å². The van der Waals surface area contributed by atoms with Crippen molar-refractivity contribution in [3.63, 3.8) is 0 Å². The first kappa shape index (κ1) is 16.8. The molecule has 0 fully saturated rings. The molecule has 0 amide bonds. The van der Waals surface area contributed by atoms with E-state index in [1.807, 2.05) is 35.0 Å². The number of hydrogen-bond acceptors (Lipinski definition) is 3. The minimum absolute atomic E-state index is 0.000683. The van der Waals surface area contributed by atoms with Gasteiger partial charge in [0.2, 0.25) is 0 Å². The molecule has 0 atom stereocenters.